The second-order valence-corrected chi connectivity index (χ2v) is 7.44. The predicted molar refractivity (Wildman–Crippen MR) is 110 cm³/mol. The van der Waals surface area contributed by atoms with E-state index >= 15 is 0 Å². The fourth-order valence-electron chi connectivity index (χ4n) is 4.05. The van der Waals surface area contributed by atoms with Crippen LogP contribution in [0.3, 0.4) is 0 Å². The molecule has 2 aromatic heterocycles. The van der Waals surface area contributed by atoms with Crippen LogP contribution >= 0.6 is 0 Å². The van der Waals surface area contributed by atoms with E-state index in [2.05, 4.69) is 37.6 Å². The van der Waals surface area contributed by atoms with Gasteiger partial charge in [-0.25, -0.2) is 9.78 Å². The first-order valence-electron chi connectivity index (χ1n) is 9.72. The highest BCUT2D eigenvalue weighted by Crippen LogP contribution is 2.36. The van der Waals surface area contributed by atoms with Crippen molar-refractivity contribution >= 4 is 22.8 Å². The molecule has 1 fully saturated rings. The largest absolute Gasteiger partial charge is 0.504 e. The number of aromatic nitrogens is 4. The van der Waals surface area contributed by atoms with Crippen LogP contribution in [0.15, 0.2) is 36.4 Å². The van der Waals surface area contributed by atoms with Gasteiger partial charge in [0.25, 0.3) is 0 Å². The lowest BCUT2D eigenvalue weighted by atomic mass is 10.1. The highest BCUT2D eigenvalue weighted by atomic mass is 16.6. The van der Waals surface area contributed by atoms with Crippen molar-refractivity contribution in [1.82, 2.24) is 25.5 Å². The van der Waals surface area contributed by atoms with Gasteiger partial charge in [-0.05, 0) is 35.4 Å². The van der Waals surface area contributed by atoms with Crippen molar-refractivity contribution in [3.8, 4) is 28.5 Å². The number of cyclic esters (lactones) is 1. The molecule has 4 heterocycles. The Balaban J connectivity index is 1.33. The number of H-pyrrole nitrogens is 2. The summed E-state index contributed by atoms with van der Waals surface area (Å²) in [7, 11) is 0. The highest BCUT2D eigenvalue weighted by molar-refractivity contribution is 5.90. The van der Waals surface area contributed by atoms with E-state index in [4.69, 9.17) is 4.74 Å². The number of ether oxygens (including phenoxy) is 1. The van der Waals surface area contributed by atoms with E-state index in [1.807, 2.05) is 24.3 Å². The summed E-state index contributed by atoms with van der Waals surface area (Å²) >= 11 is 0. The van der Waals surface area contributed by atoms with Crippen LogP contribution in [0.25, 0.3) is 33.8 Å². The molecule has 2 aromatic carbocycles. The van der Waals surface area contributed by atoms with Crippen molar-refractivity contribution in [2.75, 3.05) is 18.1 Å². The first-order chi connectivity index (χ1) is 14.7. The number of amides is 1. The van der Waals surface area contributed by atoms with Gasteiger partial charge in [-0.1, -0.05) is 12.1 Å². The van der Waals surface area contributed by atoms with Crippen molar-refractivity contribution in [3.63, 3.8) is 0 Å². The maximum Gasteiger partial charge on any atom is 0.414 e. The van der Waals surface area contributed by atoms with Gasteiger partial charge in [0.2, 0.25) is 0 Å². The number of carbonyl (C=O) groups excluding carboxylic acids is 1. The van der Waals surface area contributed by atoms with E-state index in [0.29, 0.717) is 30.4 Å². The molecule has 1 saturated heterocycles. The van der Waals surface area contributed by atoms with Crippen molar-refractivity contribution in [2.45, 2.75) is 13.1 Å². The van der Waals surface area contributed by atoms with Crippen LogP contribution in [0.1, 0.15) is 11.1 Å². The van der Waals surface area contributed by atoms with Gasteiger partial charge in [-0.2, -0.15) is 5.10 Å². The Morgan fingerprint density at radius 2 is 1.90 bits per heavy atom. The Morgan fingerprint density at radius 3 is 2.67 bits per heavy atom. The van der Waals surface area contributed by atoms with Crippen LogP contribution in [0.4, 0.5) is 10.5 Å². The van der Waals surface area contributed by atoms with E-state index in [0.717, 1.165) is 35.4 Å². The molecule has 0 spiro atoms. The summed E-state index contributed by atoms with van der Waals surface area (Å²) in [5.41, 5.74) is 6.61. The molecule has 0 radical (unpaired) electrons. The molecule has 0 unspecified atom stereocenters. The zero-order chi connectivity index (χ0) is 20.2. The topological polar surface area (TPSA) is 119 Å². The van der Waals surface area contributed by atoms with Crippen LogP contribution in [0.2, 0.25) is 0 Å². The quantitative estimate of drug-likeness (QED) is 0.418. The third kappa shape index (κ3) is 2.56. The van der Waals surface area contributed by atoms with Crippen molar-refractivity contribution in [3.05, 3.63) is 47.5 Å². The van der Waals surface area contributed by atoms with Crippen molar-refractivity contribution < 1.29 is 14.6 Å². The number of aromatic amines is 2. The first-order valence-corrected chi connectivity index (χ1v) is 9.72. The van der Waals surface area contributed by atoms with E-state index < -0.39 is 0 Å². The van der Waals surface area contributed by atoms with E-state index in [1.54, 1.807) is 4.90 Å². The number of anilines is 1. The molecular formula is C21H18N6O3. The van der Waals surface area contributed by atoms with Gasteiger partial charge in [0.1, 0.15) is 18.0 Å². The first kappa shape index (κ1) is 17.0. The molecule has 0 bridgehead atoms. The molecule has 4 aromatic rings. The maximum atomic E-state index is 11.7. The monoisotopic (exact) mass is 402 g/mol. The summed E-state index contributed by atoms with van der Waals surface area (Å²) in [6, 6.07) is 11.4. The van der Waals surface area contributed by atoms with Crippen LogP contribution in [0, 0.1) is 0 Å². The molecule has 6 rings (SSSR count). The van der Waals surface area contributed by atoms with Gasteiger partial charge in [0.15, 0.2) is 11.6 Å². The summed E-state index contributed by atoms with van der Waals surface area (Å²) in [6.07, 6.45) is -0.348. The van der Waals surface area contributed by atoms with E-state index in [9.17, 15) is 9.90 Å². The minimum atomic E-state index is -0.348. The number of benzene rings is 2. The molecule has 0 atom stereocenters. The second-order valence-electron chi connectivity index (χ2n) is 7.44. The Labute approximate surface area is 170 Å². The van der Waals surface area contributed by atoms with Gasteiger partial charge in [-0.15, -0.1) is 0 Å². The summed E-state index contributed by atoms with van der Waals surface area (Å²) in [6.45, 7) is 2.62. The van der Waals surface area contributed by atoms with E-state index in [1.165, 1.54) is 11.1 Å². The number of aromatic hydroxyl groups is 1. The average Bonchev–Trinajstić information content (AvgIpc) is 3.52. The molecule has 2 aliphatic heterocycles. The van der Waals surface area contributed by atoms with Gasteiger partial charge in [0, 0.05) is 24.3 Å². The molecule has 1 amide bonds. The number of imidazole rings is 1. The standard InChI is InChI=1S/C21H18N6O3/c28-19-17(11-1-3-14(4-2-11)27-5-6-30-21(27)29)25-26-18(19)20-23-15-7-12-9-22-10-13(12)8-16(15)24-20/h1-4,7-8,22,28H,5-6,9-10H2,(H,23,24)(H,25,26). The van der Waals surface area contributed by atoms with Gasteiger partial charge in [-0.3, -0.25) is 10.00 Å². The molecule has 4 N–H and O–H groups in total. The molecule has 0 saturated carbocycles. The summed E-state index contributed by atoms with van der Waals surface area (Å²) < 4.78 is 4.97. The smallest absolute Gasteiger partial charge is 0.414 e. The second kappa shape index (κ2) is 6.33. The minimum Gasteiger partial charge on any atom is -0.504 e. The molecule has 0 aliphatic carbocycles. The summed E-state index contributed by atoms with van der Waals surface area (Å²) in [4.78, 5) is 21.2. The van der Waals surface area contributed by atoms with Gasteiger partial charge in [0.05, 0.1) is 17.6 Å². The van der Waals surface area contributed by atoms with Crippen LogP contribution in [-0.2, 0) is 17.8 Å². The normalized spacial score (nSPS) is 15.7. The number of hydrogen-bond acceptors (Lipinski definition) is 6. The van der Waals surface area contributed by atoms with Gasteiger partial charge < -0.3 is 20.1 Å². The minimum absolute atomic E-state index is 0.0246. The molecular weight excluding hydrogens is 384 g/mol. The lowest BCUT2D eigenvalue weighted by Crippen LogP contribution is -2.23. The number of fused-ring (bicyclic) bond motifs is 2. The Hall–Kier alpha value is -3.85. The fraction of sp³-hybridized carbons (Fsp3) is 0.190. The van der Waals surface area contributed by atoms with E-state index in [-0.39, 0.29) is 11.8 Å². The zero-order valence-corrected chi connectivity index (χ0v) is 15.9. The fourth-order valence-corrected chi connectivity index (χ4v) is 4.05. The van der Waals surface area contributed by atoms with Crippen LogP contribution < -0.4 is 10.2 Å². The lowest BCUT2D eigenvalue weighted by Gasteiger charge is -2.12. The molecule has 2 aliphatic rings. The number of hydrogen-bond donors (Lipinski definition) is 4. The highest BCUT2D eigenvalue weighted by Gasteiger charge is 2.24. The third-order valence-electron chi connectivity index (χ3n) is 5.62. The molecule has 9 heteroatoms. The van der Waals surface area contributed by atoms with Crippen LogP contribution in [0.5, 0.6) is 5.75 Å². The Morgan fingerprint density at radius 1 is 1.10 bits per heavy atom. The zero-order valence-electron chi connectivity index (χ0n) is 15.9. The summed E-state index contributed by atoms with van der Waals surface area (Å²) in [5.74, 6) is 0.561. The molecule has 30 heavy (non-hydrogen) atoms. The summed E-state index contributed by atoms with van der Waals surface area (Å²) in [5, 5.41) is 21.3. The maximum absolute atomic E-state index is 11.7. The Bertz CT molecular complexity index is 1250. The number of nitrogens with one attached hydrogen (secondary N) is 3. The number of carbonyl (C=O) groups is 1. The molecule has 9 nitrogen and oxygen atoms in total. The number of rotatable bonds is 3. The predicted octanol–water partition coefficient (Wildman–Crippen LogP) is 2.89. The van der Waals surface area contributed by atoms with Gasteiger partial charge >= 0.3 is 6.09 Å². The van der Waals surface area contributed by atoms with Crippen molar-refractivity contribution in [1.29, 1.82) is 0 Å². The SMILES string of the molecule is O=C1OCCN1c1ccc(-c2n[nH]c(-c3nc4cc5c(cc4[nH]3)CNC5)c2O)cc1. The number of nitrogens with zero attached hydrogens (tertiary/aromatic N) is 3. The lowest BCUT2D eigenvalue weighted by molar-refractivity contribution is 0.181. The molecule has 150 valence electrons. The van der Waals surface area contributed by atoms with Crippen LogP contribution in [-0.4, -0.2) is 44.5 Å². The third-order valence-corrected chi connectivity index (χ3v) is 5.62. The van der Waals surface area contributed by atoms with Crippen molar-refractivity contribution in [2.24, 2.45) is 0 Å². The average molecular weight is 402 g/mol. The Kier molecular flexibility index (Phi) is 3.59.